The number of nitrogens with zero attached hydrogens (tertiary/aromatic N) is 1. The Bertz CT molecular complexity index is 329. The second kappa shape index (κ2) is 4.75. The van der Waals surface area contributed by atoms with Gasteiger partial charge in [0, 0.05) is 24.4 Å². The van der Waals surface area contributed by atoms with Gasteiger partial charge >= 0.3 is 0 Å². The van der Waals surface area contributed by atoms with E-state index in [2.05, 4.69) is 11.2 Å². The van der Waals surface area contributed by atoms with Gasteiger partial charge in [-0.05, 0) is 25.2 Å². The molecular weight excluding hydrogens is 210 g/mol. The third-order valence-electron chi connectivity index (χ3n) is 2.82. The molecule has 1 aromatic heterocycles. The van der Waals surface area contributed by atoms with E-state index in [0.717, 1.165) is 30.5 Å². The Morgan fingerprint density at radius 1 is 1.47 bits per heavy atom. The maximum Gasteiger partial charge on any atom is 0.196 e. The Labute approximate surface area is 93.8 Å². The van der Waals surface area contributed by atoms with Crippen molar-refractivity contribution in [3.63, 3.8) is 0 Å². The van der Waals surface area contributed by atoms with Crippen molar-refractivity contribution >= 4 is 23.9 Å². The first-order valence-electron chi connectivity index (χ1n) is 5.16. The summed E-state index contributed by atoms with van der Waals surface area (Å²) in [6.45, 7) is 2.05. The van der Waals surface area contributed by atoms with Crippen molar-refractivity contribution < 1.29 is 9.21 Å². The lowest BCUT2D eigenvalue weighted by Crippen LogP contribution is -2.34. The minimum absolute atomic E-state index is 0.414. The molecule has 4 heteroatoms. The van der Waals surface area contributed by atoms with Crippen molar-refractivity contribution in [1.82, 2.24) is 0 Å². The van der Waals surface area contributed by atoms with E-state index in [-0.39, 0.29) is 0 Å². The molecule has 2 rings (SSSR count). The molecule has 0 radical (unpaired) electrons. The van der Waals surface area contributed by atoms with E-state index in [1.165, 1.54) is 12.8 Å². The summed E-state index contributed by atoms with van der Waals surface area (Å²) in [6, 6.07) is 3.60. The maximum absolute atomic E-state index is 10.5. The van der Waals surface area contributed by atoms with Crippen LogP contribution in [0.2, 0.25) is 0 Å². The third-order valence-corrected chi connectivity index (χ3v) is 3.95. The fraction of sp³-hybridized carbons (Fsp3) is 0.545. The van der Waals surface area contributed by atoms with Crippen molar-refractivity contribution in [2.75, 3.05) is 24.2 Å². The highest BCUT2D eigenvalue weighted by molar-refractivity contribution is 7.99. The molecule has 1 saturated heterocycles. The lowest BCUT2D eigenvalue weighted by atomic mass is 10.1. The summed E-state index contributed by atoms with van der Waals surface area (Å²) in [6.07, 6.45) is 5.30. The van der Waals surface area contributed by atoms with Crippen LogP contribution in [0.25, 0.3) is 0 Å². The van der Waals surface area contributed by atoms with Crippen LogP contribution in [0, 0.1) is 0 Å². The topological polar surface area (TPSA) is 33.5 Å². The summed E-state index contributed by atoms with van der Waals surface area (Å²) in [7, 11) is 0. The summed E-state index contributed by atoms with van der Waals surface area (Å²) in [5.74, 6) is 1.24. The van der Waals surface area contributed by atoms with Gasteiger partial charge in [0.1, 0.15) is 0 Å². The number of rotatable bonds is 3. The van der Waals surface area contributed by atoms with Crippen molar-refractivity contribution in [2.24, 2.45) is 0 Å². The molecule has 15 heavy (non-hydrogen) atoms. The van der Waals surface area contributed by atoms with Gasteiger partial charge in [-0.3, -0.25) is 4.79 Å². The predicted molar refractivity (Wildman–Crippen MR) is 62.8 cm³/mol. The Morgan fingerprint density at radius 3 is 2.73 bits per heavy atom. The van der Waals surface area contributed by atoms with Gasteiger partial charge in [0.25, 0.3) is 0 Å². The van der Waals surface area contributed by atoms with E-state index in [1.54, 1.807) is 6.07 Å². The van der Waals surface area contributed by atoms with Gasteiger partial charge in [0.2, 0.25) is 0 Å². The Kier molecular flexibility index (Phi) is 3.36. The zero-order chi connectivity index (χ0) is 10.7. The van der Waals surface area contributed by atoms with Crippen LogP contribution in [-0.2, 0) is 0 Å². The number of carbonyl (C=O) groups excluding carboxylic acids is 1. The zero-order valence-corrected chi connectivity index (χ0v) is 9.63. The third kappa shape index (κ3) is 2.37. The zero-order valence-electron chi connectivity index (χ0n) is 8.81. The average Bonchev–Trinajstić information content (AvgIpc) is 2.78. The molecule has 82 valence electrons. The summed E-state index contributed by atoms with van der Waals surface area (Å²) in [4.78, 5) is 12.7. The van der Waals surface area contributed by atoms with Gasteiger partial charge in [-0.1, -0.05) is 0 Å². The molecule has 0 amide bonds. The van der Waals surface area contributed by atoms with Crippen LogP contribution in [0.3, 0.4) is 0 Å². The molecule has 0 atom stereocenters. The molecular formula is C11H15NO2S. The summed E-state index contributed by atoms with van der Waals surface area (Å²) < 4.78 is 5.39. The summed E-state index contributed by atoms with van der Waals surface area (Å²) in [5.41, 5.74) is 0. The highest BCUT2D eigenvalue weighted by atomic mass is 32.2. The predicted octanol–water partition coefficient (Wildman–Crippen LogP) is 2.42. The van der Waals surface area contributed by atoms with Gasteiger partial charge in [0.05, 0.1) is 0 Å². The molecule has 3 nitrogen and oxygen atoms in total. The van der Waals surface area contributed by atoms with E-state index in [0.29, 0.717) is 5.76 Å². The van der Waals surface area contributed by atoms with Crippen molar-refractivity contribution in [1.29, 1.82) is 0 Å². The molecule has 2 heterocycles. The van der Waals surface area contributed by atoms with Crippen molar-refractivity contribution in [2.45, 2.75) is 18.1 Å². The minimum atomic E-state index is 0.414. The summed E-state index contributed by atoms with van der Waals surface area (Å²) >= 11 is 1.94. The van der Waals surface area contributed by atoms with E-state index < -0.39 is 0 Å². The molecule has 1 aliphatic heterocycles. The monoisotopic (exact) mass is 225 g/mol. The molecule has 0 aliphatic carbocycles. The van der Waals surface area contributed by atoms with Gasteiger partial charge in [-0.2, -0.15) is 11.8 Å². The van der Waals surface area contributed by atoms with Crippen molar-refractivity contribution in [3.8, 4) is 0 Å². The molecule has 0 unspecified atom stereocenters. The standard InChI is InChI=1S/C11H15NO2S/c1-15-10-4-6-12(7-5-10)11-3-2-9(8-13)14-11/h2-3,8,10H,4-7H2,1H3. The maximum atomic E-state index is 10.5. The first kappa shape index (κ1) is 10.6. The minimum Gasteiger partial charge on any atom is -0.438 e. The quantitative estimate of drug-likeness (QED) is 0.740. The fourth-order valence-corrected chi connectivity index (χ4v) is 2.57. The number of furan rings is 1. The highest BCUT2D eigenvalue weighted by Crippen LogP contribution is 2.26. The lowest BCUT2D eigenvalue weighted by molar-refractivity contribution is 0.110. The van der Waals surface area contributed by atoms with Crippen LogP contribution >= 0.6 is 11.8 Å². The first-order valence-corrected chi connectivity index (χ1v) is 6.45. The van der Waals surface area contributed by atoms with Crippen LogP contribution < -0.4 is 4.90 Å². The molecule has 1 fully saturated rings. The van der Waals surface area contributed by atoms with Crippen LogP contribution in [0.1, 0.15) is 23.4 Å². The van der Waals surface area contributed by atoms with Gasteiger partial charge < -0.3 is 9.32 Å². The van der Waals surface area contributed by atoms with Gasteiger partial charge in [0.15, 0.2) is 17.9 Å². The second-order valence-corrected chi connectivity index (χ2v) is 4.85. The van der Waals surface area contributed by atoms with E-state index in [9.17, 15) is 4.79 Å². The number of aldehydes is 1. The second-order valence-electron chi connectivity index (χ2n) is 3.72. The van der Waals surface area contributed by atoms with Gasteiger partial charge in [-0.25, -0.2) is 0 Å². The Hall–Kier alpha value is -0.900. The number of hydrogen-bond donors (Lipinski definition) is 0. The SMILES string of the molecule is CSC1CCN(c2ccc(C=O)o2)CC1. The van der Waals surface area contributed by atoms with Crippen LogP contribution in [0.5, 0.6) is 0 Å². The van der Waals surface area contributed by atoms with E-state index in [1.807, 2.05) is 17.8 Å². The molecule has 0 saturated carbocycles. The normalized spacial score (nSPS) is 18.1. The first-order chi connectivity index (χ1) is 7.33. The number of thioether (sulfide) groups is 1. The van der Waals surface area contributed by atoms with Crippen LogP contribution in [0.4, 0.5) is 5.88 Å². The Balaban J connectivity index is 1.97. The van der Waals surface area contributed by atoms with Crippen molar-refractivity contribution in [3.05, 3.63) is 17.9 Å². The summed E-state index contributed by atoms with van der Waals surface area (Å²) in [5, 5.41) is 0.779. The van der Waals surface area contributed by atoms with E-state index >= 15 is 0 Å². The molecule has 0 N–H and O–H groups in total. The lowest BCUT2D eigenvalue weighted by Gasteiger charge is -2.30. The average molecular weight is 225 g/mol. The number of carbonyl (C=O) groups is 1. The molecule has 1 aliphatic rings. The fourth-order valence-electron chi connectivity index (χ4n) is 1.89. The molecule has 1 aromatic rings. The number of piperidine rings is 1. The van der Waals surface area contributed by atoms with E-state index in [4.69, 9.17) is 4.42 Å². The van der Waals surface area contributed by atoms with Crippen LogP contribution in [-0.4, -0.2) is 30.9 Å². The largest absolute Gasteiger partial charge is 0.438 e. The number of anilines is 1. The highest BCUT2D eigenvalue weighted by Gasteiger charge is 2.20. The van der Waals surface area contributed by atoms with Gasteiger partial charge in [-0.15, -0.1) is 0 Å². The van der Waals surface area contributed by atoms with Crippen LogP contribution in [0.15, 0.2) is 16.5 Å². The Morgan fingerprint density at radius 2 is 2.20 bits per heavy atom. The molecule has 0 spiro atoms. The number of hydrogen-bond acceptors (Lipinski definition) is 4. The smallest absolute Gasteiger partial charge is 0.196 e. The molecule has 0 aromatic carbocycles. The molecule has 0 bridgehead atoms.